The zero-order valence-electron chi connectivity index (χ0n) is 15.1. The van der Waals surface area contributed by atoms with Gasteiger partial charge in [-0.05, 0) is 73.6 Å². The number of imide groups is 1. The minimum atomic E-state index is -0.275. The molecule has 3 aliphatic rings. The van der Waals surface area contributed by atoms with Gasteiger partial charge in [-0.15, -0.1) is 0 Å². The molecule has 0 radical (unpaired) electrons. The van der Waals surface area contributed by atoms with Crippen molar-refractivity contribution in [3.05, 3.63) is 58.6 Å². The third-order valence-electron chi connectivity index (χ3n) is 6.40. The fourth-order valence-electron chi connectivity index (χ4n) is 5.19. The van der Waals surface area contributed by atoms with Crippen molar-refractivity contribution in [2.75, 3.05) is 10.2 Å². The summed E-state index contributed by atoms with van der Waals surface area (Å²) in [5.74, 6) is -0.0810. The molecule has 0 aromatic heterocycles. The summed E-state index contributed by atoms with van der Waals surface area (Å²) in [6.45, 7) is 0. The Morgan fingerprint density at radius 2 is 1.61 bits per heavy atom. The van der Waals surface area contributed by atoms with Crippen LogP contribution < -0.4 is 10.2 Å². The SMILES string of the molecule is O=C(Nc1ccc(Br)cc1)c1cccc(N2C(=O)[C@@H]3[C@H]4CC[C@@H](C4)[C@@H]3C2=O)c1. The van der Waals surface area contributed by atoms with Gasteiger partial charge >= 0.3 is 0 Å². The minimum Gasteiger partial charge on any atom is -0.322 e. The Morgan fingerprint density at radius 3 is 2.25 bits per heavy atom. The Hall–Kier alpha value is -2.47. The number of benzene rings is 2. The summed E-state index contributed by atoms with van der Waals surface area (Å²) in [4.78, 5) is 39.9. The Kier molecular flexibility index (Phi) is 4.12. The van der Waals surface area contributed by atoms with E-state index in [2.05, 4.69) is 21.2 Å². The van der Waals surface area contributed by atoms with Gasteiger partial charge in [-0.1, -0.05) is 22.0 Å². The Labute approximate surface area is 171 Å². The van der Waals surface area contributed by atoms with Crippen LogP contribution in [-0.2, 0) is 9.59 Å². The summed E-state index contributed by atoms with van der Waals surface area (Å²) in [5, 5.41) is 2.84. The highest BCUT2D eigenvalue weighted by Gasteiger charge is 2.61. The van der Waals surface area contributed by atoms with Gasteiger partial charge in [0.25, 0.3) is 5.91 Å². The second-order valence-corrected chi connectivity index (χ2v) is 8.82. The molecular weight excluding hydrogens is 420 g/mol. The summed E-state index contributed by atoms with van der Waals surface area (Å²) < 4.78 is 0.929. The molecule has 4 atom stereocenters. The van der Waals surface area contributed by atoms with Gasteiger partial charge in [-0.2, -0.15) is 0 Å². The van der Waals surface area contributed by atoms with Crippen LogP contribution in [0.25, 0.3) is 0 Å². The molecule has 0 spiro atoms. The van der Waals surface area contributed by atoms with Crippen LogP contribution in [0.5, 0.6) is 0 Å². The Morgan fingerprint density at radius 1 is 0.964 bits per heavy atom. The first-order valence-electron chi connectivity index (χ1n) is 9.58. The van der Waals surface area contributed by atoms with Gasteiger partial charge in [0.2, 0.25) is 11.8 Å². The van der Waals surface area contributed by atoms with Crippen LogP contribution >= 0.6 is 15.9 Å². The largest absolute Gasteiger partial charge is 0.322 e. The molecule has 2 aromatic rings. The molecule has 6 heteroatoms. The number of carbonyl (C=O) groups excluding carboxylic acids is 3. The summed E-state index contributed by atoms with van der Waals surface area (Å²) in [5.41, 5.74) is 1.59. The molecule has 1 N–H and O–H groups in total. The highest BCUT2D eigenvalue weighted by molar-refractivity contribution is 9.10. The molecule has 1 heterocycles. The number of nitrogens with one attached hydrogen (secondary N) is 1. The molecule has 2 aliphatic carbocycles. The van der Waals surface area contributed by atoms with Gasteiger partial charge in [0.1, 0.15) is 0 Å². The lowest BCUT2D eigenvalue weighted by Gasteiger charge is -2.19. The first kappa shape index (κ1) is 17.6. The molecule has 5 nitrogen and oxygen atoms in total. The number of halogens is 1. The predicted molar refractivity (Wildman–Crippen MR) is 109 cm³/mol. The predicted octanol–water partition coefficient (Wildman–Crippen LogP) is 4.24. The fourth-order valence-corrected chi connectivity index (χ4v) is 5.45. The molecule has 1 saturated heterocycles. The van der Waals surface area contributed by atoms with Gasteiger partial charge in [0.15, 0.2) is 0 Å². The molecular formula is C22H19BrN2O3. The third-order valence-corrected chi connectivity index (χ3v) is 6.92. The van der Waals surface area contributed by atoms with Crippen LogP contribution in [0.1, 0.15) is 29.6 Å². The molecule has 142 valence electrons. The molecule has 2 bridgehead atoms. The number of hydrogen-bond donors (Lipinski definition) is 1. The molecule has 2 aromatic carbocycles. The highest BCUT2D eigenvalue weighted by Crippen LogP contribution is 2.56. The number of nitrogens with zero attached hydrogens (tertiary/aromatic N) is 1. The molecule has 3 amide bonds. The van der Waals surface area contributed by atoms with Gasteiger partial charge in [0, 0.05) is 15.7 Å². The molecule has 3 fully saturated rings. The van der Waals surface area contributed by atoms with Crippen molar-refractivity contribution < 1.29 is 14.4 Å². The first-order valence-corrected chi connectivity index (χ1v) is 10.4. The summed E-state index contributed by atoms with van der Waals surface area (Å²) >= 11 is 3.37. The van der Waals surface area contributed by atoms with Crippen LogP contribution in [0.3, 0.4) is 0 Å². The summed E-state index contributed by atoms with van der Waals surface area (Å²) in [6.07, 6.45) is 3.11. The average molecular weight is 439 g/mol. The Balaban J connectivity index is 1.40. The van der Waals surface area contributed by atoms with E-state index in [0.717, 1.165) is 23.7 Å². The van der Waals surface area contributed by atoms with Crippen molar-refractivity contribution in [3.8, 4) is 0 Å². The standard InChI is InChI=1S/C22H19BrN2O3/c23-15-6-8-16(9-7-15)24-20(26)14-2-1-3-17(11-14)25-21(27)18-12-4-5-13(10-12)19(18)22(25)28/h1-3,6-9,11-13,18-19H,4-5,10H2,(H,24,26)/t12-,13-,18-,19+/m0/s1. The van der Waals surface area contributed by atoms with E-state index in [1.54, 1.807) is 36.4 Å². The van der Waals surface area contributed by atoms with Gasteiger partial charge in [-0.3, -0.25) is 19.3 Å². The van der Waals surface area contributed by atoms with Crippen LogP contribution in [0.15, 0.2) is 53.0 Å². The van der Waals surface area contributed by atoms with Crippen molar-refractivity contribution >= 4 is 45.0 Å². The van der Waals surface area contributed by atoms with Crippen LogP contribution in [0.4, 0.5) is 11.4 Å². The lowest BCUT2D eigenvalue weighted by molar-refractivity contribution is -0.123. The molecule has 2 saturated carbocycles. The van der Waals surface area contributed by atoms with Crippen LogP contribution in [-0.4, -0.2) is 17.7 Å². The van der Waals surface area contributed by atoms with E-state index < -0.39 is 0 Å². The third kappa shape index (κ3) is 2.70. The highest BCUT2D eigenvalue weighted by atomic mass is 79.9. The van der Waals surface area contributed by atoms with Crippen molar-refractivity contribution in [1.82, 2.24) is 0 Å². The van der Waals surface area contributed by atoms with Crippen LogP contribution in [0, 0.1) is 23.7 Å². The van der Waals surface area contributed by atoms with E-state index in [-0.39, 0.29) is 29.6 Å². The number of fused-ring (bicyclic) bond motifs is 5. The summed E-state index contributed by atoms with van der Waals surface area (Å²) in [6, 6.07) is 14.1. The number of hydrogen-bond acceptors (Lipinski definition) is 3. The summed E-state index contributed by atoms with van der Waals surface area (Å²) in [7, 11) is 0. The van der Waals surface area contributed by atoms with Crippen molar-refractivity contribution in [2.24, 2.45) is 23.7 Å². The zero-order valence-corrected chi connectivity index (χ0v) is 16.7. The van der Waals surface area contributed by atoms with E-state index in [4.69, 9.17) is 0 Å². The molecule has 0 unspecified atom stereocenters. The fraction of sp³-hybridized carbons (Fsp3) is 0.318. The van der Waals surface area contributed by atoms with E-state index >= 15 is 0 Å². The second-order valence-electron chi connectivity index (χ2n) is 7.91. The lowest BCUT2D eigenvalue weighted by Crippen LogP contribution is -2.33. The number of rotatable bonds is 3. The number of anilines is 2. The van der Waals surface area contributed by atoms with Gasteiger partial charge < -0.3 is 5.32 Å². The van der Waals surface area contributed by atoms with E-state index in [9.17, 15) is 14.4 Å². The maximum atomic E-state index is 13.0. The van der Waals surface area contributed by atoms with Crippen LogP contribution in [0.2, 0.25) is 0 Å². The monoisotopic (exact) mass is 438 g/mol. The van der Waals surface area contributed by atoms with Crippen molar-refractivity contribution in [2.45, 2.75) is 19.3 Å². The molecule has 5 rings (SSSR count). The van der Waals surface area contributed by atoms with E-state index in [0.29, 0.717) is 28.8 Å². The number of amides is 3. The smallest absolute Gasteiger partial charge is 0.255 e. The van der Waals surface area contributed by atoms with E-state index in [1.165, 1.54) is 4.90 Å². The lowest BCUT2D eigenvalue weighted by atomic mass is 9.81. The second kappa shape index (κ2) is 6.55. The van der Waals surface area contributed by atoms with Crippen molar-refractivity contribution in [1.29, 1.82) is 0 Å². The molecule has 1 aliphatic heterocycles. The topological polar surface area (TPSA) is 66.5 Å². The van der Waals surface area contributed by atoms with Gasteiger partial charge in [-0.25, -0.2) is 0 Å². The maximum absolute atomic E-state index is 13.0. The quantitative estimate of drug-likeness (QED) is 0.728. The van der Waals surface area contributed by atoms with Gasteiger partial charge in [0.05, 0.1) is 17.5 Å². The first-order chi connectivity index (χ1) is 13.5. The Bertz CT molecular complexity index is 960. The number of carbonyl (C=O) groups is 3. The maximum Gasteiger partial charge on any atom is 0.255 e. The zero-order chi connectivity index (χ0) is 19.4. The van der Waals surface area contributed by atoms with E-state index in [1.807, 2.05) is 12.1 Å². The van der Waals surface area contributed by atoms with Crippen molar-refractivity contribution in [3.63, 3.8) is 0 Å². The normalized spacial score (nSPS) is 28.0. The minimum absolute atomic E-state index is 0.0901. The average Bonchev–Trinajstić information content (AvgIpc) is 3.37. The molecule has 28 heavy (non-hydrogen) atoms.